The van der Waals surface area contributed by atoms with E-state index in [1.807, 2.05) is 13.0 Å². The number of hydrogen-bond donors (Lipinski definition) is 1. The smallest absolute Gasteiger partial charge is 0.107 e. The van der Waals surface area contributed by atoms with Gasteiger partial charge < -0.3 is 9.73 Å². The van der Waals surface area contributed by atoms with E-state index >= 15 is 0 Å². The van der Waals surface area contributed by atoms with Gasteiger partial charge in [-0.15, -0.1) is 11.3 Å². The van der Waals surface area contributed by atoms with Crippen LogP contribution in [0.4, 0.5) is 0 Å². The highest BCUT2D eigenvalue weighted by atomic mass is 79.9. The van der Waals surface area contributed by atoms with Crippen LogP contribution in [0.2, 0.25) is 4.34 Å². The highest BCUT2D eigenvalue weighted by Crippen LogP contribution is 2.38. The number of aryl methyl sites for hydroxylation is 1. The molecule has 17 heavy (non-hydrogen) atoms. The second-order valence-electron chi connectivity index (χ2n) is 3.69. The van der Waals surface area contributed by atoms with E-state index in [-0.39, 0.29) is 6.04 Å². The summed E-state index contributed by atoms with van der Waals surface area (Å²) in [5.41, 5.74) is 1.16. The molecule has 1 N–H and O–H groups in total. The van der Waals surface area contributed by atoms with Crippen LogP contribution in [-0.2, 0) is 0 Å². The molecule has 0 radical (unpaired) electrons. The lowest BCUT2D eigenvalue weighted by Crippen LogP contribution is -2.21. The maximum absolute atomic E-state index is 6.10. The molecule has 2 heterocycles. The molecule has 2 aromatic rings. The Labute approximate surface area is 118 Å². The predicted octanol–water partition coefficient (Wildman–Crippen LogP) is 4.76. The summed E-state index contributed by atoms with van der Waals surface area (Å²) in [6.07, 6.45) is 1.72. The fourth-order valence-corrected chi connectivity index (χ4v) is 3.60. The number of halogens is 2. The summed E-state index contributed by atoms with van der Waals surface area (Å²) in [6.45, 7) is 4.96. The Bertz CT molecular complexity index is 489. The molecule has 0 fully saturated rings. The molecule has 0 aromatic carbocycles. The van der Waals surface area contributed by atoms with Crippen LogP contribution in [0.5, 0.6) is 0 Å². The third-order valence-electron chi connectivity index (χ3n) is 2.57. The van der Waals surface area contributed by atoms with E-state index in [1.165, 1.54) is 4.88 Å². The average Bonchev–Trinajstić information content (AvgIpc) is 2.83. The van der Waals surface area contributed by atoms with Gasteiger partial charge in [-0.2, -0.15) is 0 Å². The van der Waals surface area contributed by atoms with E-state index in [4.69, 9.17) is 16.0 Å². The van der Waals surface area contributed by atoms with Gasteiger partial charge in [0.25, 0.3) is 0 Å². The summed E-state index contributed by atoms with van der Waals surface area (Å²) in [4.78, 5) is 1.19. The summed E-state index contributed by atoms with van der Waals surface area (Å²) < 4.78 is 7.10. The van der Waals surface area contributed by atoms with Crippen LogP contribution >= 0.6 is 38.9 Å². The van der Waals surface area contributed by atoms with Crippen LogP contribution in [0.3, 0.4) is 0 Å². The Morgan fingerprint density at radius 3 is 2.82 bits per heavy atom. The van der Waals surface area contributed by atoms with Gasteiger partial charge in [0, 0.05) is 14.9 Å². The third kappa shape index (κ3) is 2.76. The van der Waals surface area contributed by atoms with Crippen molar-refractivity contribution in [1.29, 1.82) is 0 Å². The Morgan fingerprint density at radius 2 is 2.35 bits per heavy atom. The van der Waals surface area contributed by atoms with E-state index in [9.17, 15) is 0 Å². The Morgan fingerprint density at radius 1 is 1.59 bits per heavy atom. The molecule has 0 saturated carbocycles. The number of nitrogens with one attached hydrogen (secondary N) is 1. The fourth-order valence-electron chi connectivity index (χ4n) is 1.77. The monoisotopic (exact) mass is 333 g/mol. The van der Waals surface area contributed by atoms with Crippen molar-refractivity contribution in [2.75, 3.05) is 6.54 Å². The molecule has 2 aromatic heterocycles. The largest absolute Gasteiger partial charge is 0.469 e. The normalized spacial score (nSPS) is 12.9. The summed E-state index contributed by atoms with van der Waals surface area (Å²) >= 11 is 11.1. The van der Waals surface area contributed by atoms with Gasteiger partial charge in [-0.1, -0.05) is 18.5 Å². The van der Waals surface area contributed by atoms with Gasteiger partial charge in [-0.05, 0) is 41.5 Å². The first-order valence-electron chi connectivity index (χ1n) is 5.35. The number of furan rings is 1. The molecule has 1 atom stereocenters. The molecule has 0 spiro atoms. The second-order valence-corrected chi connectivity index (χ2v) is 6.23. The topological polar surface area (TPSA) is 25.2 Å². The molecular formula is C12H13BrClNOS. The quantitative estimate of drug-likeness (QED) is 0.871. The fraction of sp³-hybridized carbons (Fsp3) is 0.333. The van der Waals surface area contributed by atoms with Crippen LogP contribution in [0, 0.1) is 6.92 Å². The number of hydrogen-bond acceptors (Lipinski definition) is 3. The van der Waals surface area contributed by atoms with E-state index in [2.05, 4.69) is 34.2 Å². The SMILES string of the molecule is CCNC(c1cc(Br)c(Cl)s1)c1ccoc1C. The van der Waals surface area contributed by atoms with Crippen molar-refractivity contribution < 1.29 is 4.42 Å². The van der Waals surface area contributed by atoms with Crippen LogP contribution in [0.1, 0.15) is 29.2 Å². The second kappa shape index (κ2) is 5.57. The van der Waals surface area contributed by atoms with Crippen molar-refractivity contribution in [2.45, 2.75) is 19.9 Å². The average molecular weight is 335 g/mol. The molecule has 1 unspecified atom stereocenters. The molecule has 5 heteroatoms. The minimum atomic E-state index is 0.146. The van der Waals surface area contributed by atoms with Gasteiger partial charge in [0.2, 0.25) is 0 Å². The van der Waals surface area contributed by atoms with Crippen LogP contribution < -0.4 is 5.32 Å². The van der Waals surface area contributed by atoms with Crippen molar-refractivity contribution in [3.63, 3.8) is 0 Å². The molecule has 0 aliphatic carbocycles. The van der Waals surface area contributed by atoms with Crippen molar-refractivity contribution >= 4 is 38.9 Å². The minimum absolute atomic E-state index is 0.146. The molecule has 0 amide bonds. The molecular weight excluding hydrogens is 322 g/mol. The van der Waals surface area contributed by atoms with E-state index in [0.29, 0.717) is 0 Å². The maximum Gasteiger partial charge on any atom is 0.107 e. The molecule has 0 bridgehead atoms. The summed E-state index contributed by atoms with van der Waals surface area (Å²) in [5.74, 6) is 0.941. The first-order valence-corrected chi connectivity index (χ1v) is 7.34. The summed E-state index contributed by atoms with van der Waals surface area (Å²) in [7, 11) is 0. The van der Waals surface area contributed by atoms with E-state index in [0.717, 1.165) is 26.7 Å². The Hall–Kier alpha value is -0.290. The van der Waals surface area contributed by atoms with Gasteiger partial charge in [0.05, 0.1) is 12.3 Å². The summed E-state index contributed by atoms with van der Waals surface area (Å²) in [5, 5.41) is 3.45. The Kier molecular flexibility index (Phi) is 4.31. The van der Waals surface area contributed by atoms with Crippen LogP contribution in [-0.4, -0.2) is 6.54 Å². The first kappa shape index (κ1) is 13.1. The molecule has 92 valence electrons. The van der Waals surface area contributed by atoms with Gasteiger partial charge in [-0.3, -0.25) is 0 Å². The highest BCUT2D eigenvalue weighted by Gasteiger charge is 2.20. The lowest BCUT2D eigenvalue weighted by Gasteiger charge is -2.15. The van der Waals surface area contributed by atoms with Crippen LogP contribution in [0.25, 0.3) is 0 Å². The lowest BCUT2D eigenvalue weighted by atomic mass is 10.1. The van der Waals surface area contributed by atoms with Crippen molar-refractivity contribution in [1.82, 2.24) is 5.32 Å². The van der Waals surface area contributed by atoms with Gasteiger partial charge >= 0.3 is 0 Å². The van der Waals surface area contributed by atoms with Crippen molar-refractivity contribution in [3.8, 4) is 0 Å². The van der Waals surface area contributed by atoms with Gasteiger partial charge in [-0.25, -0.2) is 0 Å². The molecule has 2 nitrogen and oxygen atoms in total. The van der Waals surface area contributed by atoms with E-state index in [1.54, 1.807) is 17.6 Å². The molecule has 2 rings (SSSR count). The number of thiophene rings is 1. The molecule has 0 aliphatic heterocycles. The maximum atomic E-state index is 6.10. The van der Waals surface area contributed by atoms with Crippen LogP contribution in [0.15, 0.2) is 27.3 Å². The van der Waals surface area contributed by atoms with Crippen molar-refractivity contribution in [3.05, 3.63) is 43.4 Å². The van der Waals surface area contributed by atoms with Crippen molar-refractivity contribution in [2.24, 2.45) is 0 Å². The molecule has 0 saturated heterocycles. The summed E-state index contributed by atoms with van der Waals surface area (Å²) in [6, 6.07) is 4.21. The van der Waals surface area contributed by atoms with Gasteiger partial charge in [0.15, 0.2) is 0 Å². The van der Waals surface area contributed by atoms with Gasteiger partial charge in [0.1, 0.15) is 10.1 Å². The Balaban J connectivity index is 2.39. The molecule has 0 aliphatic rings. The number of rotatable bonds is 4. The zero-order chi connectivity index (χ0) is 12.4. The first-order chi connectivity index (χ1) is 8.13. The zero-order valence-electron chi connectivity index (χ0n) is 9.59. The predicted molar refractivity (Wildman–Crippen MR) is 76.0 cm³/mol. The highest BCUT2D eigenvalue weighted by molar-refractivity contribution is 9.10. The third-order valence-corrected chi connectivity index (χ3v) is 5.11. The minimum Gasteiger partial charge on any atom is -0.469 e. The van der Waals surface area contributed by atoms with E-state index < -0.39 is 0 Å². The standard InChI is InChI=1S/C12H13BrClNOS/c1-3-15-11(8-4-5-16-7(8)2)10-6-9(13)12(14)17-10/h4-6,11,15H,3H2,1-2H3. The lowest BCUT2D eigenvalue weighted by molar-refractivity contribution is 0.521. The zero-order valence-corrected chi connectivity index (χ0v) is 12.7.